The van der Waals surface area contributed by atoms with E-state index >= 15 is 0 Å². The van der Waals surface area contributed by atoms with Crippen LogP contribution in [0.2, 0.25) is 0 Å². The van der Waals surface area contributed by atoms with E-state index in [-0.39, 0.29) is 37.0 Å². The van der Waals surface area contributed by atoms with Crippen LogP contribution in [0, 0.1) is 6.92 Å². The molecule has 2 amide bonds. The number of aliphatic hydroxyl groups is 1. The molecule has 0 spiro atoms. The third-order valence-corrected chi connectivity index (χ3v) is 4.55. The number of hydrogen-bond acceptors (Lipinski definition) is 6. The molecule has 8 nitrogen and oxygen atoms in total. The predicted molar refractivity (Wildman–Crippen MR) is 95.9 cm³/mol. The van der Waals surface area contributed by atoms with Crippen molar-refractivity contribution in [2.24, 2.45) is 0 Å². The Morgan fingerprint density at radius 2 is 2.07 bits per heavy atom. The lowest BCUT2D eigenvalue weighted by Crippen LogP contribution is -2.46. The van der Waals surface area contributed by atoms with Gasteiger partial charge < -0.3 is 25.0 Å². The summed E-state index contributed by atoms with van der Waals surface area (Å²) in [6, 6.07) is 7.74. The first-order valence-electron chi connectivity index (χ1n) is 8.87. The highest BCUT2D eigenvalue weighted by Gasteiger charge is 2.38. The Balaban J connectivity index is 1.55. The maximum atomic E-state index is 12.5. The number of aliphatic hydroxyl groups excluding tert-OH is 1. The third-order valence-electron chi connectivity index (χ3n) is 4.55. The number of β-amino-alcohol motifs (C(OH)–C–C–N with tert-alkyl or cyclic N) is 1. The highest BCUT2D eigenvalue weighted by atomic mass is 16.5. The fourth-order valence-electron chi connectivity index (χ4n) is 3.20. The van der Waals surface area contributed by atoms with Gasteiger partial charge in [-0.05, 0) is 31.0 Å². The molecule has 1 aromatic carbocycles. The van der Waals surface area contributed by atoms with Crippen molar-refractivity contribution in [1.29, 1.82) is 0 Å². The summed E-state index contributed by atoms with van der Waals surface area (Å²) in [5.74, 6) is 0.0676. The summed E-state index contributed by atoms with van der Waals surface area (Å²) in [5.41, 5.74) is 1.66. The molecule has 0 radical (unpaired) electrons. The number of phenolic OH excluding ortho intramolecular Hbond substituents is 1. The summed E-state index contributed by atoms with van der Waals surface area (Å²) >= 11 is 0. The standard InChI is InChI=1S/C19H23N3O5/c1-12-8-16(27-21-12)10-18(25)22-11-15(24)9-17(22)19(26)20-7-6-13-2-4-14(23)5-3-13/h2-5,8,15,17,23-24H,6-7,9-11H2,1H3,(H,20,26). The Hall–Kier alpha value is -2.87. The highest BCUT2D eigenvalue weighted by Crippen LogP contribution is 2.20. The van der Waals surface area contributed by atoms with Crippen molar-refractivity contribution in [3.8, 4) is 5.75 Å². The second-order valence-electron chi connectivity index (χ2n) is 6.77. The molecule has 8 heteroatoms. The number of carbonyl (C=O) groups excluding carboxylic acids is 2. The second kappa shape index (κ2) is 8.22. The van der Waals surface area contributed by atoms with Gasteiger partial charge in [-0.3, -0.25) is 9.59 Å². The summed E-state index contributed by atoms with van der Waals surface area (Å²) in [4.78, 5) is 26.5. The van der Waals surface area contributed by atoms with Gasteiger partial charge in [0.2, 0.25) is 11.8 Å². The number of aromatic hydroxyl groups is 1. The normalized spacial score (nSPS) is 19.3. The van der Waals surface area contributed by atoms with E-state index in [0.29, 0.717) is 24.4 Å². The molecule has 3 N–H and O–H groups in total. The Kier molecular flexibility index (Phi) is 5.75. The van der Waals surface area contributed by atoms with Crippen molar-refractivity contribution in [1.82, 2.24) is 15.4 Å². The lowest BCUT2D eigenvalue weighted by molar-refractivity contribution is -0.138. The van der Waals surface area contributed by atoms with Crippen molar-refractivity contribution < 1.29 is 24.3 Å². The first kappa shape index (κ1) is 18.9. The minimum absolute atomic E-state index is 0.00481. The van der Waals surface area contributed by atoms with Gasteiger partial charge in [-0.2, -0.15) is 0 Å². The van der Waals surface area contributed by atoms with E-state index in [0.717, 1.165) is 5.56 Å². The molecule has 2 atom stereocenters. The van der Waals surface area contributed by atoms with E-state index in [1.165, 1.54) is 4.90 Å². The van der Waals surface area contributed by atoms with Crippen molar-refractivity contribution in [3.05, 3.63) is 47.3 Å². The van der Waals surface area contributed by atoms with E-state index in [9.17, 15) is 19.8 Å². The molecule has 0 saturated carbocycles. The van der Waals surface area contributed by atoms with Gasteiger partial charge in [0.05, 0.1) is 18.2 Å². The lowest BCUT2D eigenvalue weighted by atomic mass is 10.1. The zero-order valence-electron chi connectivity index (χ0n) is 15.1. The second-order valence-corrected chi connectivity index (χ2v) is 6.77. The number of rotatable bonds is 6. The van der Waals surface area contributed by atoms with Gasteiger partial charge in [0.25, 0.3) is 0 Å². The van der Waals surface area contributed by atoms with Crippen molar-refractivity contribution >= 4 is 11.8 Å². The Morgan fingerprint density at radius 1 is 1.33 bits per heavy atom. The van der Waals surface area contributed by atoms with Crippen LogP contribution in [0.1, 0.15) is 23.4 Å². The zero-order valence-corrected chi connectivity index (χ0v) is 15.1. The number of amides is 2. The van der Waals surface area contributed by atoms with Gasteiger partial charge in [0, 0.05) is 25.6 Å². The molecule has 1 saturated heterocycles. The molecule has 2 heterocycles. The number of phenols is 1. The molecular formula is C19H23N3O5. The topological polar surface area (TPSA) is 116 Å². The van der Waals surface area contributed by atoms with Crippen molar-refractivity contribution in [2.45, 2.75) is 38.3 Å². The van der Waals surface area contributed by atoms with Crippen molar-refractivity contribution in [3.63, 3.8) is 0 Å². The van der Waals surface area contributed by atoms with E-state index in [1.54, 1.807) is 37.3 Å². The van der Waals surface area contributed by atoms with Crippen LogP contribution in [0.4, 0.5) is 0 Å². The molecule has 27 heavy (non-hydrogen) atoms. The number of aromatic nitrogens is 1. The van der Waals surface area contributed by atoms with Crippen LogP contribution in [0.5, 0.6) is 5.75 Å². The number of nitrogens with zero attached hydrogens (tertiary/aromatic N) is 2. The molecule has 0 bridgehead atoms. The van der Waals surface area contributed by atoms with Gasteiger partial charge >= 0.3 is 0 Å². The number of likely N-dealkylation sites (tertiary alicyclic amines) is 1. The summed E-state index contributed by atoms with van der Waals surface area (Å²) in [5, 5.41) is 25.8. The van der Waals surface area contributed by atoms with E-state index < -0.39 is 12.1 Å². The average Bonchev–Trinajstić information content (AvgIpc) is 3.22. The summed E-state index contributed by atoms with van der Waals surface area (Å²) in [6.45, 7) is 2.29. The van der Waals surface area contributed by atoms with Crippen LogP contribution in [0.15, 0.2) is 34.9 Å². The van der Waals surface area contributed by atoms with E-state index in [1.807, 2.05) is 0 Å². The van der Waals surface area contributed by atoms with Crippen LogP contribution in [-0.2, 0) is 22.4 Å². The minimum atomic E-state index is -0.724. The summed E-state index contributed by atoms with van der Waals surface area (Å²) in [6.07, 6.45) is 0.0992. The maximum absolute atomic E-state index is 12.5. The fraction of sp³-hybridized carbons (Fsp3) is 0.421. The average molecular weight is 373 g/mol. The van der Waals surface area contributed by atoms with Crippen LogP contribution < -0.4 is 5.32 Å². The predicted octanol–water partition coefficient (Wildman–Crippen LogP) is 0.552. The van der Waals surface area contributed by atoms with Gasteiger partial charge in [0.15, 0.2) is 0 Å². The SMILES string of the molecule is Cc1cc(CC(=O)N2CC(O)CC2C(=O)NCCc2ccc(O)cc2)on1. The molecule has 1 aliphatic heterocycles. The number of nitrogens with one attached hydrogen (secondary N) is 1. The molecule has 1 fully saturated rings. The van der Waals surface area contributed by atoms with Gasteiger partial charge in [-0.25, -0.2) is 0 Å². The maximum Gasteiger partial charge on any atom is 0.242 e. The van der Waals surface area contributed by atoms with Crippen LogP contribution in [0.25, 0.3) is 0 Å². The quantitative estimate of drug-likeness (QED) is 0.681. The molecule has 0 aliphatic carbocycles. The highest BCUT2D eigenvalue weighted by molar-refractivity contribution is 5.89. The zero-order chi connectivity index (χ0) is 19.4. The van der Waals surface area contributed by atoms with Gasteiger partial charge in [-0.1, -0.05) is 17.3 Å². The molecule has 1 aromatic heterocycles. The van der Waals surface area contributed by atoms with Gasteiger partial charge in [-0.15, -0.1) is 0 Å². The largest absolute Gasteiger partial charge is 0.508 e. The molecular weight excluding hydrogens is 350 g/mol. The Bertz CT molecular complexity index is 802. The van der Waals surface area contributed by atoms with E-state index in [4.69, 9.17) is 4.52 Å². The molecule has 1 aliphatic rings. The van der Waals surface area contributed by atoms with E-state index in [2.05, 4.69) is 10.5 Å². The monoisotopic (exact) mass is 373 g/mol. The van der Waals surface area contributed by atoms with Crippen molar-refractivity contribution in [2.75, 3.05) is 13.1 Å². The van der Waals surface area contributed by atoms with Crippen LogP contribution >= 0.6 is 0 Å². The Labute approximate surface area is 156 Å². The molecule has 144 valence electrons. The van der Waals surface area contributed by atoms with Gasteiger partial charge in [0.1, 0.15) is 17.6 Å². The number of benzene rings is 1. The number of aryl methyl sites for hydroxylation is 1. The van der Waals surface area contributed by atoms with Crippen LogP contribution in [0.3, 0.4) is 0 Å². The number of carbonyl (C=O) groups is 2. The molecule has 2 aromatic rings. The smallest absolute Gasteiger partial charge is 0.242 e. The minimum Gasteiger partial charge on any atom is -0.508 e. The molecule has 3 rings (SSSR count). The fourth-order valence-corrected chi connectivity index (χ4v) is 3.20. The number of hydrogen-bond donors (Lipinski definition) is 3. The first-order chi connectivity index (χ1) is 12.9. The first-order valence-corrected chi connectivity index (χ1v) is 8.87. The molecule has 2 unspecified atom stereocenters. The lowest BCUT2D eigenvalue weighted by Gasteiger charge is -2.23. The summed E-state index contributed by atoms with van der Waals surface area (Å²) < 4.78 is 5.06. The summed E-state index contributed by atoms with van der Waals surface area (Å²) in [7, 11) is 0. The van der Waals surface area contributed by atoms with Crippen LogP contribution in [-0.4, -0.2) is 57.3 Å². The Morgan fingerprint density at radius 3 is 2.74 bits per heavy atom. The third kappa shape index (κ3) is 4.85.